The third-order valence-electron chi connectivity index (χ3n) is 3.07. The van der Waals surface area contributed by atoms with Crippen molar-refractivity contribution in [3.63, 3.8) is 0 Å². The molecule has 0 saturated carbocycles. The number of carbonyl (C=O) groups is 1. The Balaban J connectivity index is 2.49. The molecule has 0 aliphatic carbocycles. The van der Waals surface area contributed by atoms with Gasteiger partial charge in [-0.2, -0.15) is 5.10 Å². The van der Waals surface area contributed by atoms with Crippen LogP contribution in [0, 0.1) is 6.92 Å². The van der Waals surface area contributed by atoms with Gasteiger partial charge in [-0.1, -0.05) is 11.6 Å². The van der Waals surface area contributed by atoms with E-state index in [1.165, 1.54) is 4.68 Å². The molecule has 0 spiro atoms. The molecule has 0 atom stereocenters. The lowest BCUT2D eigenvalue weighted by Gasteiger charge is -2.07. The van der Waals surface area contributed by atoms with Crippen LogP contribution < -0.4 is 0 Å². The smallest absolute Gasteiger partial charge is 0.356 e. The number of rotatable bonds is 5. The van der Waals surface area contributed by atoms with Crippen LogP contribution in [-0.4, -0.2) is 32.6 Å². The van der Waals surface area contributed by atoms with Crippen LogP contribution in [0.15, 0.2) is 22.8 Å². The summed E-state index contributed by atoms with van der Waals surface area (Å²) in [6.45, 7) is 1.89. The number of carboxylic acid groups (broad SMARTS) is 1. The van der Waals surface area contributed by atoms with Crippen LogP contribution in [0.2, 0.25) is 5.02 Å². The molecule has 0 fully saturated rings. The third kappa shape index (κ3) is 3.45. The Morgan fingerprint density at radius 1 is 1.48 bits per heavy atom. The molecule has 0 aliphatic heterocycles. The first kappa shape index (κ1) is 16.0. The van der Waals surface area contributed by atoms with E-state index in [1.807, 2.05) is 13.0 Å². The fraction of sp³-hybridized carbons (Fsp3) is 0.286. The Labute approximate surface area is 135 Å². The maximum absolute atomic E-state index is 11.3. The van der Waals surface area contributed by atoms with Gasteiger partial charge >= 0.3 is 5.97 Å². The van der Waals surface area contributed by atoms with E-state index in [4.69, 9.17) is 16.7 Å². The number of aromatic nitrogens is 2. The molecule has 7 heteroatoms. The van der Waals surface area contributed by atoms with Gasteiger partial charge in [-0.05, 0) is 53.4 Å². The molecule has 1 heterocycles. The van der Waals surface area contributed by atoms with E-state index in [2.05, 4.69) is 21.0 Å². The largest absolute Gasteiger partial charge is 0.476 e. The molecular formula is C14H14BrClN2O3. The number of hydrogen-bond donors (Lipinski definition) is 2. The van der Waals surface area contributed by atoms with Gasteiger partial charge in [-0.15, -0.1) is 0 Å². The maximum atomic E-state index is 11.3. The molecule has 0 amide bonds. The highest BCUT2D eigenvalue weighted by Gasteiger charge is 2.17. The van der Waals surface area contributed by atoms with E-state index in [-0.39, 0.29) is 12.3 Å². The molecule has 0 saturated heterocycles. The summed E-state index contributed by atoms with van der Waals surface area (Å²) in [5.41, 5.74) is 2.16. The number of halogens is 2. The Morgan fingerprint density at radius 2 is 2.19 bits per heavy atom. The number of aromatic carboxylic acids is 1. The fourth-order valence-corrected chi connectivity index (χ4v) is 2.77. The third-order valence-corrected chi connectivity index (χ3v) is 4.11. The summed E-state index contributed by atoms with van der Waals surface area (Å²) in [5.74, 6) is -1.09. The zero-order valence-electron chi connectivity index (χ0n) is 11.3. The topological polar surface area (TPSA) is 75.4 Å². The van der Waals surface area contributed by atoms with Crippen LogP contribution in [0.5, 0.6) is 0 Å². The van der Waals surface area contributed by atoms with Gasteiger partial charge < -0.3 is 10.2 Å². The quantitative estimate of drug-likeness (QED) is 0.844. The molecule has 21 heavy (non-hydrogen) atoms. The number of aliphatic hydroxyl groups excluding tert-OH is 1. The van der Waals surface area contributed by atoms with Crippen LogP contribution in [0.25, 0.3) is 5.69 Å². The summed E-state index contributed by atoms with van der Waals surface area (Å²) in [7, 11) is 0. The molecule has 112 valence electrons. The average Bonchev–Trinajstić information content (AvgIpc) is 2.84. The van der Waals surface area contributed by atoms with Crippen LogP contribution in [0.4, 0.5) is 0 Å². The van der Waals surface area contributed by atoms with Gasteiger partial charge in [0.05, 0.1) is 5.69 Å². The molecule has 1 aromatic carbocycles. The number of aryl methyl sites for hydroxylation is 2. The molecule has 1 aromatic heterocycles. The van der Waals surface area contributed by atoms with Crippen LogP contribution in [0.1, 0.15) is 28.0 Å². The van der Waals surface area contributed by atoms with E-state index >= 15 is 0 Å². The number of nitrogens with zero attached hydrogens (tertiary/aromatic N) is 2. The zero-order chi connectivity index (χ0) is 15.6. The minimum Gasteiger partial charge on any atom is -0.476 e. The molecule has 2 aromatic rings. The van der Waals surface area contributed by atoms with Gasteiger partial charge in [-0.3, -0.25) is 0 Å². The predicted molar refractivity (Wildman–Crippen MR) is 83.4 cm³/mol. The van der Waals surface area contributed by atoms with E-state index in [9.17, 15) is 9.90 Å². The number of hydrogen-bond acceptors (Lipinski definition) is 3. The maximum Gasteiger partial charge on any atom is 0.356 e. The predicted octanol–water partition coefficient (Wildman–Crippen LogP) is 3.22. The number of carboxylic acids is 1. The average molecular weight is 374 g/mol. The molecule has 5 nitrogen and oxygen atoms in total. The normalized spacial score (nSPS) is 10.9. The second kappa shape index (κ2) is 6.60. The lowest BCUT2D eigenvalue weighted by atomic mass is 10.1. The van der Waals surface area contributed by atoms with Crippen molar-refractivity contribution < 1.29 is 15.0 Å². The van der Waals surface area contributed by atoms with Gasteiger partial charge in [0.25, 0.3) is 0 Å². The van der Waals surface area contributed by atoms with Crippen molar-refractivity contribution in [1.29, 1.82) is 0 Å². The van der Waals surface area contributed by atoms with E-state index < -0.39 is 5.97 Å². The monoisotopic (exact) mass is 372 g/mol. The Morgan fingerprint density at radius 3 is 2.81 bits per heavy atom. The van der Waals surface area contributed by atoms with E-state index in [0.717, 1.165) is 10.0 Å². The van der Waals surface area contributed by atoms with Crippen LogP contribution in [-0.2, 0) is 6.42 Å². The second-order valence-electron chi connectivity index (χ2n) is 4.63. The summed E-state index contributed by atoms with van der Waals surface area (Å²) >= 11 is 9.55. The molecule has 2 N–H and O–H groups in total. The number of benzene rings is 1. The Hall–Kier alpha value is -1.37. The van der Waals surface area contributed by atoms with Crippen LogP contribution in [0.3, 0.4) is 0 Å². The molecule has 0 bridgehead atoms. The van der Waals surface area contributed by atoms with Gasteiger partial charge in [0, 0.05) is 27.9 Å². The van der Waals surface area contributed by atoms with Crippen molar-refractivity contribution in [2.75, 3.05) is 6.61 Å². The highest BCUT2D eigenvalue weighted by atomic mass is 79.9. The fourth-order valence-electron chi connectivity index (χ4n) is 1.98. The van der Waals surface area contributed by atoms with Crippen molar-refractivity contribution in [2.45, 2.75) is 19.8 Å². The lowest BCUT2D eigenvalue weighted by Crippen LogP contribution is -2.03. The minimum absolute atomic E-state index is 0.00426. The molecule has 2 rings (SSSR count). The summed E-state index contributed by atoms with van der Waals surface area (Å²) in [6.07, 6.45) is 2.60. The van der Waals surface area contributed by atoms with Crippen molar-refractivity contribution in [3.8, 4) is 5.69 Å². The molecule has 0 radical (unpaired) electrons. The van der Waals surface area contributed by atoms with Crippen LogP contribution >= 0.6 is 27.5 Å². The molecule has 0 unspecified atom stereocenters. The summed E-state index contributed by atoms with van der Waals surface area (Å²) in [4.78, 5) is 11.3. The first-order valence-corrected chi connectivity index (χ1v) is 7.50. The molecule has 0 aliphatic rings. The number of aliphatic hydroxyl groups is 1. The standard InChI is InChI=1S/C14H14BrClN2O3/c1-8-5-10(15)12(6-11(8)16)18-7-9(3-2-4-19)13(17-18)14(20)21/h5-7,19H,2-4H2,1H3,(H,20,21). The van der Waals surface area contributed by atoms with E-state index in [0.29, 0.717) is 29.1 Å². The Kier molecular flexibility index (Phi) is 5.03. The van der Waals surface area contributed by atoms with Gasteiger partial charge in [0.15, 0.2) is 5.69 Å². The van der Waals surface area contributed by atoms with Crippen molar-refractivity contribution in [2.24, 2.45) is 0 Å². The first-order valence-electron chi connectivity index (χ1n) is 6.32. The van der Waals surface area contributed by atoms with Crippen molar-refractivity contribution in [3.05, 3.63) is 44.6 Å². The van der Waals surface area contributed by atoms with Gasteiger partial charge in [-0.25, -0.2) is 9.48 Å². The van der Waals surface area contributed by atoms with Crippen molar-refractivity contribution in [1.82, 2.24) is 9.78 Å². The summed E-state index contributed by atoms with van der Waals surface area (Å²) in [5, 5.41) is 22.8. The highest BCUT2D eigenvalue weighted by Crippen LogP contribution is 2.28. The minimum atomic E-state index is -1.09. The van der Waals surface area contributed by atoms with Crippen molar-refractivity contribution >= 4 is 33.5 Å². The lowest BCUT2D eigenvalue weighted by molar-refractivity contribution is 0.0688. The summed E-state index contributed by atoms with van der Waals surface area (Å²) in [6, 6.07) is 3.59. The first-order chi connectivity index (χ1) is 9.93. The molecular weight excluding hydrogens is 360 g/mol. The van der Waals surface area contributed by atoms with E-state index in [1.54, 1.807) is 12.3 Å². The zero-order valence-corrected chi connectivity index (χ0v) is 13.6. The van der Waals surface area contributed by atoms with Gasteiger partial charge in [0.1, 0.15) is 0 Å². The summed E-state index contributed by atoms with van der Waals surface area (Å²) < 4.78 is 2.27. The Bertz CT molecular complexity index is 685. The van der Waals surface area contributed by atoms with Gasteiger partial charge in [0.2, 0.25) is 0 Å². The highest BCUT2D eigenvalue weighted by molar-refractivity contribution is 9.10. The second-order valence-corrected chi connectivity index (χ2v) is 5.89. The SMILES string of the molecule is Cc1cc(Br)c(-n2cc(CCCO)c(C(=O)O)n2)cc1Cl.